The first kappa shape index (κ1) is 13.4. The summed E-state index contributed by atoms with van der Waals surface area (Å²) in [5.74, 6) is 5.66. The molecule has 0 bridgehead atoms. The third kappa shape index (κ3) is 2.88. The average Bonchev–Trinajstić information content (AvgIpc) is 2.81. The van der Waals surface area contributed by atoms with E-state index in [1.165, 1.54) is 6.33 Å². The summed E-state index contributed by atoms with van der Waals surface area (Å²) in [5, 5.41) is 14.0. The molecule has 1 saturated heterocycles. The number of anilines is 2. The van der Waals surface area contributed by atoms with Gasteiger partial charge >= 0.3 is 5.69 Å². The van der Waals surface area contributed by atoms with E-state index in [2.05, 4.69) is 20.7 Å². The van der Waals surface area contributed by atoms with Crippen LogP contribution in [0.3, 0.4) is 0 Å². The highest BCUT2D eigenvalue weighted by Crippen LogP contribution is 2.29. The number of aromatic nitrogens is 2. The molecule has 0 aromatic carbocycles. The van der Waals surface area contributed by atoms with Crippen LogP contribution in [0.2, 0.25) is 0 Å². The van der Waals surface area contributed by atoms with Gasteiger partial charge in [0.2, 0.25) is 11.6 Å². The largest absolute Gasteiger partial charge is 0.378 e. The molecule has 0 spiro atoms. The summed E-state index contributed by atoms with van der Waals surface area (Å²) in [4.78, 5) is 18.1. The smallest absolute Gasteiger partial charge is 0.354 e. The van der Waals surface area contributed by atoms with Crippen LogP contribution >= 0.6 is 0 Å². The lowest BCUT2D eigenvalue weighted by Crippen LogP contribution is -2.22. The van der Waals surface area contributed by atoms with Gasteiger partial charge in [-0.25, -0.2) is 15.8 Å². The quantitative estimate of drug-likeness (QED) is 0.400. The van der Waals surface area contributed by atoms with E-state index in [1.807, 2.05) is 6.92 Å². The number of nitro groups is 1. The van der Waals surface area contributed by atoms with Crippen molar-refractivity contribution in [1.29, 1.82) is 0 Å². The monoisotopic (exact) mass is 268 g/mol. The van der Waals surface area contributed by atoms with Crippen molar-refractivity contribution in [3.05, 3.63) is 16.4 Å². The summed E-state index contributed by atoms with van der Waals surface area (Å²) >= 11 is 0. The molecule has 1 aliphatic rings. The number of nitrogen functional groups attached to an aromatic ring is 1. The zero-order valence-electron chi connectivity index (χ0n) is 10.5. The first-order valence-corrected chi connectivity index (χ1v) is 5.95. The number of nitrogens with one attached hydrogen (secondary N) is 2. The van der Waals surface area contributed by atoms with E-state index in [0.717, 1.165) is 13.0 Å². The Kier molecular flexibility index (Phi) is 4.07. The molecule has 2 rings (SSSR count). The Balaban J connectivity index is 2.13. The maximum atomic E-state index is 11.0. The first-order chi connectivity index (χ1) is 9.13. The van der Waals surface area contributed by atoms with Gasteiger partial charge in [0.15, 0.2) is 0 Å². The van der Waals surface area contributed by atoms with Crippen molar-refractivity contribution < 1.29 is 9.66 Å². The predicted octanol–water partition coefficient (Wildman–Crippen LogP) is 0.507. The summed E-state index contributed by atoms with van der Waals surface area (Å²) in [6, 6.07) is 0. The zero-order chi connectivity index (χ0) is 13.8. The lowest BCUT2D eigenvalue weighted by atomic mass is 10.0. The molecule has 0 saturated carbocycles. The minimum atomic E-state index is -0.563. The molecule has 1 aliphatic heterocycles. The summed E-state index contributed by atoms with van der Waals surface area (Å²) < 4.78 is 5.44. The van der Waals surface area contributed by atoms with Crippen LogP contribution in [0.5, 0.6) is 0 Å². The van der Waals surface area contributed by atoms with Crippen molar-refractivity contribution in [2.45, 2.75) is 19.4 Å². The number of ether oxygens (including phenoxy) is 1. The van der Waals surface area contributed by atoms with Crippen LogP contribution in [0.1, 0.15) is 13.3 Å². The maximum Gasteiger partial charge on any atom is 0.354 e. The van der Waals surface area contributed by atoms with Gasteiger partial charge in [-0.15, -0.1) is 0 Å². The van der Waals surface area contributed by atoms with Crippen LogP contribution < -0.4 is 16.6 Å². The van der Waals surface area contributed by atoms with E-state index in [-0.39, 0.29) is 23.4 Å². The first-order valence-electron chi connectivity index (χ1n) is 5.95. The minimum absolute atomic E-state index is 0.0155. The SMILES string of the molecule is CC1OCCC1CNc1ncnc(NN)c1[N+](=O)[O-]. The van der Waals surface area contributed by atoms with E-state index >= 15 is 0 Å². The summed E-state index contributed by atoms with van der Waals surface area (Å²) in [6.45, 7) is 3.26. The predicted molar refractivity (Wildman–Crippen MR) is 68.5 cm³/mol. The van der Waals surface area contributed by atoms with Crippen LogP contribution in [-0.2, 0) is 4.74 Å². The lowest BCUT2D eigenvalue weighted by Gasteiger charge is -2.15. The molecule has 0 aliphatic carbocycles. The van der Waals surface area contributed by atoms with Crippen LogP contribution in [0.4, 0.5) is 17.3 Å². The summed E-state index contributed by atoms with van der Waals surface area (Å²) in [5.41, 5.74) is 1.94. The number of rotatable bonds is 5. The second-order valence-electron chi connectivity index (χ2n) is 4.33. The molecule has 1 aromatic rings. The molecule has 0 radical (unpaired) electrons. The molecule has 2 heterocycles. The Bertz CT molecular complexity index is 469. The highest BCUT2D eigenvalue weighted by molar-refractivity contribution is 5.68. The van der Waals surface area contributed by atoms with Crippen molar-refractivity contribution >= 4 is 17.3 Å². The standard InChI is InChI=1S/C10H16N6O3/c1-6-7(2-3-19-6)4-12-9-8(16(17)18)10(15-11)14-5-13-9/h5-7H,2-4,11H2,1H3,(H2,12,13,14,15). The highest BCUT2D eigenvalue weighted by atomic mass is 16.6. The Morgan fingerprint density at radius 3 is 2.89 bits per heavy atom. The third-order valence-electron chi connectivity index (χ3n) is 3.21. The van der Waals surface area contributed by atoms with E-state index in [0.29, 0.717) is 12.5 Å². The topological polar surface area (TPSA) is 128 Å². The van der Waals surface area contributed by atoms with Crippen molar-refractivity contribution in [1.82, 2.24) is 9.97 Å². The fourth-order valence-electron chi connectivity index (χ4n) is 2.06. The number of nitrogens with zero attached hydrogens (tertiary/aromatic N) is 3. The molecule has 9 nitrogen and oxygen atoms in total. The molecule has 19 heavy (non-hydrogen) atoms. The molecule has 1 aromatic heterocycles. The second-order valence-corrected chi connectivity index (χ2v) is 4.33. The molecule has 2 atom stereocenters. The number of hydrazine groups is 1. The van der Waals surface area contributed by atoms with Crippen LogP contribution in [-0.4, -0.2) is 34.1 Å². The molecular formula is C10H16N6O3. The zero-order valence-corrected chi connectivity index (χ0v) is 10.5. The molecule has 9 heteroatoms. The van der Waals surface area contributed by atoms with Gasteiger partial charge in [0.25, 0.3) is 0 Å². The minimum Gasteiger partial charge on any atom is -0.378 e. The van der Waals surface area contributed by atoms with Crippen molar-refractivity contribution in [2.24, 2.45) is 11.8 Å². The maximum absolute atomic E-state index is 11.0. The fourth-order valence-corrected chi connectivity index (χ4v) is 2.06. The lowest BCUT2D eigenvalue weighted by molar-refractivity contribution is -0.383. The van der Waals surface area contributed by atoms with Crippen molar-refractivity contribution in [3.8, 4) is 0 Å². The van der Waals surface area contributed by atoms with Crippen molar-refractivity contribution in [2.75, 3.05) is 23.9 Å². The van der Waals surface area contributed by atoms with Gasteiger partial charge in [0.1, 0.15) is 6.33 Å². The van der Waals surface area contributed by atoms with Gasteiger partial charge in [0.05, 0.1) is 11.0 Å². The molecule has 1 fully saturated rings. The van der Waals surface area contributed by atoms with Gasteiger partial charge in [-0.2, -0.15) is 0 Å². The Labute approximate surface area is 109 Å². The third-order valence-corrected chi connectivity index (χ3v) is 3.21. The van der Waals surface area contributed by atoms with Gasteiger partial charge in [-0.05, 0) is 13.3 Å². The van der Waals surface area contributed by atoms with E-state index in [4.69, 9.17) is 10.6 Å². The fraction of sp³-hybridized carbons (Fsp3) is 0.600. The Morgan fingerprint density at radius 2 is 2.32 bits per heavy atom. The Morgan fingerprint density at radius 1 is 1.58 bits per heavy atom. The number of hydrogen-bond donors (Lipinski definition) is 3. The number of nitrogens with two attached hydrogens (primary N) is 1. The molecule has 104 valence electrons. The summed E-state index contributed by atoms with van der Waals surface area (Å²) in [7, 11) is 0. The van der Waals surface area contributed by atoms with Gasteiger partial charge in [-0.1, -0.05) is 0 Å². The second kappa shape index (κ2) is 5.76. The van der Waals surface area contributed by atoms with Crippen LogP contribution in [0.25, 0.3) is 0 Å². The highest BCUT2D eigenvalue weighted by Gasteiger charge is 2.27. The normalized spacial score (nSPS) is 22.2. The molecular weight excluding hydrogens is 252 g/mol. The van der Waals surface area contributed by atoms with Gasteiger partial charge in [-0.3, -0.25) is 10.1 Å². The number of hydrogen-bond acceptors (Lipinski definition) is 8. The van der Waals surface area contributed by atoms with Gasteiger partial charge < -0.3 is 15.5 Å². The van der Waals surface area contributed by atoms with Crippen LogP contribution in [0, 0.1) is 16.0 Å². The average molecular weight is 268 g/mol. The summed E-state index contributed by atoms with van der Waals surface area (Å²) in [6.07, 6.45) is 2.29. The van der Waals surface area contributed by atoms with Crippen LogP contribution in [0.15, 0.2) is 6.33 Å². The molecule has 0 amide bonds. The van der Waals surface area contributed by atoms with E-state index in [9.17, 15) is 10.1 Å². The van der Waals surface area contributed by atoms with Crippen molar-refractivity contribution in [3.63, 3.8) is 0 Å². The molecule has 4 N–H and O–H groups in total. The molecule has 2 unspecified atom stereocenters. The van der Waals surface area contributed by atoms with E-state index in [1.54, 1.807) is 0 Å². The van der Waals surface area contributed by atoms with E-state index < -0.39 is 4.92 Å². The van der Waals surface area contributed by atoms with Gasteiger partial charge in [0, 0.05) is 19.1 Å². The Hall–Kier alpha value is -2.00.